The average Bonchev–Trinajstić information content (AvgIpc) is 2.97. The van der Waals surface area contributed by atoms with Crippen molar-refractivity contribution in [3.63, 3.8) is 0 Å². The van der Waals surface area contributed by atoms with Crippen LogP contribution in [-0.2, 0) is 12.7 Å². The van der Waals surface area contributed by atoms with Crippen LogP contribution in [0.15, 0.2) is 48.5 Å². The molecule has 3 rings (SSSR count). The van der Waals surface area contributed by atoms with Gasteiger partial charge >= 0.3 is 6.18 Å². The van der Waals surface area contributed by atoms with Gasteiger partial charge in [-0.25, -0.2) is 4.68 Å². The van der Waals surface area contributed by atoms with Crippen molar-refractivity contribution < 1.29 is 18.0 Å². The van der Waals surface area contributed by atoms with E-state index in [2.05, 4.69) is 15.6 Å². The number of alkyl halides is 3. The van der Waals surface area contributed by atoms with Gasteiger partial charge in [-0.3, -0.25) is 4.79 Å². The molecule has 140 valence electrons. The molecule has 0 spiro atoms. The molecular formula is C18H16F3N5O. The monoisotopic (exact) mass is 375 g/mol. The Balaban J connectivity index is 1.77. The minimum Gasteiger partial charge on any atom is -0.382 e. The first-order valence-electron chi connectivity index (χ1n) is 7.97. The average molecular weight is 375 g/mol. The Morgan fingerprint density at radius 1 is 1.19 bits per heavy atom. The molecular weight excluding hydrogens is 359 g/mol. The van der Waals surface area contributed by atoms with E-state index in [1.807, 2.05) is 19.1 Å². The van der Waals surface area contributed by atoms with Crippen LogP contribution in [0.4, 0.5) is 24.7 Å². The number of halogens is 3. The summed E-state index contributed by atoms with van der Waals surface area (Å²) in [4.78, 5) is 12.3. The van der Waals surface area contributed by atoms with Crippen molar-refractivity contribution in [1.82, 2.24) is 15.0 Å². The zero-order chi connectivity index (χ0) is 19.6. The number of aromatic nitrogens is 3. The van der Waals surface area contributed by atoms with E-state index in [0.29, 0.717) is 11.3 Å². The summed E-state index contributed by atoms with van der Waals surface area (Å²) in [5, 5.41) is 10.2. The summed E-state index contributed by atoms with van der Waals surface area (Å²) in [6.07, 6.45) is -4.44. The first kappa shape index (κ1) is 18.4. The summed E-state index contributed by atoms with van der Waals surface area (Å²) in [7, 11) is 0. The van der Waals surface area contributed by atoms with E-state index in [0.717, 1.165) is 17.7 Å². The number of nitrogens with two attached hydrogens (primary N) is 1. The minimum atomic E-state index is -4.44. The fourth-order valence-electron chi connectivity index (χ4n) is 2.45. The molecule has 1 aromatic heterocycles. The summed E-state index contributed by atoms with van der Waals surface area (Å²) >= 11 is 0. The Bertz CT molecular complexity index is 964. The summed E-state index contributed by atoms with van der Waals surface area (Å²) < 4.78 is 39.6. The maximum atomic E-state index is 12.8. The van der Waals surface area contributed by atoms with Crippen molar-refractivity contribution in [3.8, 4) is 0 Å². The number of benzene rings is 2. The lowest BCUT2D eigenvalue weighted by Crippen LogP contribution is -2.15. The van der Waals surface area contributed by atoms with Crippen LogP contribution in [0, 0.1) is 6.92 Å². The van der Waals surface area contributed by atoms with Gasteiger partial charge < -0.3 is 11.1 Å². The highest BCUT2D eigenvalue weighted by atomic mass is 19.4. The Hall–Kier alpha value is -3.36. The predicted molar refractivity (Wildman–Crippen MR) is 94.1 cm³/mol. The molecule has 0 saturated heterocycles. The van der Waals surface area contributed by atoms with Crippen LogP contribution in [0.2, 0.25) is 0 Å². The molecule has 1 heterocycles. The van der Waals surface area contributed by atoms with Crippen molar-refractivity contribution >= 4 is 17.4 Å². The molecule has 0 aliphatic carbocycles. The lowest BCUT2D eigenvalue weighted by atomic mass is 10.1. The number of aryl methyl sites for hydroxylation is 1. The second-order valence-corrected chi connectivity index (χ2v) is 6.00. The molecule has 27 heavy (non-hydrogen) atoms. The van der Waals surface area contributed by atoms with Crippen LogP contribution < -0.4 is 11.1 Å². The van der Waals surface area contributed by atoms with Crippen LogP contribution in [-0.4, -0.2) is 20.9 Å². The van der Waals surface area contributed by atoms with Gasteiger partial charge in [0.15, 0.2) is 11.5 Å². The molecule has 0 bridgehead atoms. The summed E-state index contributed by atoms with van der Waals surface area (Å²) in [5.74, 6) is -0.580. The Morgan fingerprint density at radius 2 is 1.89 bits per heavy atom. The van der Waals surface area contributed by atoms with Crippen LogP contribution in [0.1, 0.15) is 27.2 Å². The zero-order valence-electron chi connectivity index (χ0n) is 14.3. The molecule has 0 atom stereocenters. The molecule has 1 amide bonds. The zero-order valence-corrected chi connectivity index (χ0v) is 14.3. The molecule has 3 aromatic rings. The number of nitrogens with one attached hydrogen (secondary N) is 1. The number of nitrogen functional groups attached to an aromatic ring is 1. The largest absolute Gasteiger partial charge is 0.416 e. The van der Waals surface area contributed by atoms with Crippen LogP contribution in [0.3, 0.4) is 0 Å². The van der Waals surface area contributed by atoms with Crippen molar-refractivity contribution in [3.05, 3.63) is 70.9 Å². The molecule has 0 fully saturated rings. The Morgan fingerprint density at radius 3 is 2.56 bits per heavy atom. The molecule has 0 radical (unpaired) electrons. The Kier molecular flexibility index (Phi) is 4.85. The van der Waals surface area contributed by atoms with Crippen LogP contribution in [0.5, 0.6) is 0 Å². The van der Waals surface area contributed by atoms with Gasteiger partial charge in [-0.2, -0.15) is 13.2 Å². The molecule has 0 aliphatic heterocycles. The molecule has 0 saturated carbocycles. The first-order chi connectivity index (χ1) is 12.7. The number of hydrogen-bond acceptors (Lipinski definition) is 4. The van der Waals surface area contributed by atoms with E-state index >= 15 is 0 Å². The van der Waals surface area contributed by atoms with Gasteiger partial charge in [0, 0.05) is 5.69 Å². The number of nitrogens with zero attached hydrogens (tertiary/aromatic N) is 3. The van der Waals surface area contributed by atoms with Gasteiger partial charge in [0.05, 0.1) is 12.1 Å². The van der Waals surface area contributed by atoms with E-state index in [1.165, 1.54) is 16.8 Å². The third-order valence-electron chi connectivity index (χ3n) is 3.88. The van der Waals surface area contributed by atoms with Gasteiger partial charge in [-0.05, 0) is 36.8 Å². The maximum absolute atomic E-state index is 12.8. The quantitative estimate of drug-likeness (QED) is 0.731. The number of rotatable bonds is 4. The lowest BCUT2D eigenvalue weighted by Gasteiger charge is -2.09. The fraction of sp³-hybridized carbons (Fsp3) is 0.167. The fourth-order valence-corrected chi connectivity index (χ4v) is 2.45. The summed E-state index contributed by atoms with van der Waals surface area (Å²) in [6.45, 7) is 1.88. The van der Waals surface area contributed by atoms with E-state index in [-0.39, 0.29) is 18.1 Å². The molecule has 6 nitrogen and oxygen atoms in total. The van der Waals surface area contributed by atoms with Gasteiger partial charge in [0.1, 0.15) is 0 Å². The van der Waals surface area contributed by atoms with Crippen LogP contribution in [0.25, 0.3) is 0 Å². The van der Waals surface area contributed by atoms with Gasteiger partial charge in [0.25, 0.3) is 5.91 Å². The van der Waals surface area contributed by atoms with Gasteiger partial charge in [0.2, 0.25) is 0 Å². The van der Waals surface area contributed by atoms with E-state index in [1.54, 1.807) is 12.1 Å². The molecule has 3 N–H and O–H groups in total. The maximum Gasteiger partial charge on any atom is 0.416 e. The van der Waals surface area contributed by atoms with Crippen molar-refractivity contribution in [2.24, 2.45) is 0 Å². The number of carbonyl (C=O) groups excluding carboxylic acids is 1. The summed E-state index contributed by atoms with van der Waals surface area (Å²) in [5.41, 5.74) is 6.99. The van der Waals surface area contributed by atoms with Crippen molar-refractivity contribution in [2.45, 2.75) is 19.6 Å². The molecule has 9 heteroatoms. The van der Waals surface area contributed by atoms with E-state index in [4.69, 9.17) is 5.73 Å². The SMILES string of the molecule is Cc1ccc(NC(=O)c2nnn(Cc3cccc(C(F)(F)F)c3)c2N)cc1. The van der Waals surface area contributed by atoms with E-state index < -0.39 is 17.6 Å². The number of amides is 1. The number of anilines is 2. The first-order valence-corrected chi connectivity index (χ1v) is 7.97. The standard InChI is InChI=1S/C18H16F3N5O/c1-11-5-7-14(8-6-11)23-17(27)15-16(22)26(25-24-15)10-12-3-2-4-13(9-12)18(19,20)21/h2-9H,10,22H2,1H3,(H,23,27). The third-order valence-corrected chi connectivity index (χ3v) is 3.88. The highest BCUT2D eigenvalue weighted by molar-refractivity contribution is 6.05. The van der Waals surface area contributed by atoms with Crippen molar-refractivity contribution in [1.29, 1.82) is 0 Å². The van der Waals surface area contributed by atoms with Crippen LogP contribution >= 0.6 is 0 Å². The second-order valence-electron chi connectivity index (χ2n) is 6.00. The lowest BCUT2D eigenvalue weighted by molar-refractivity contribution is -0.137. The predicted octanol–water partition coefficient (Wildman–Crippen LogP) is 3.49. The molecule has 0 aliphatic rings. The highest BCUT2D eigenvalue weighted by Crippen LogP contribution is 2.29. The smallest absolute Gasteiger partial charge is 0.382 e. The van der Waals surface area contributed by atoms with Gasteiger partial charge in [-0.15, -0.1) is 5.10 Å². The second kappa shape index (κ2) is 7.10. The van der Waals surface area contributed by atoms with Gasteiger partial charge in [-0.1, -0.05) is 35.0 Å². The van der Waals surface area contributed by atoms with E-state index in [9.17, 15) is 18.0 Å². The number of carbonyl (C=O) groups is 1. The summed E-state index contributed by atoms with van der Waals surface area (Å²) in [6, 6.07) is 11.9. The number of hydrogen-bond donors (Lipinski definition) is 2. The molecule has 2 aromatic carbocycles. The minimum absolute atomic E-state index is 0.0305. The van der Waals surface area contributed by atoms with Crippen molar-refractivity contribution in [2.75, 3.05) is 11.1 Å². The molecule has 0 unspecified atom stereocenters. The third kappa shape index (κ3) is 4.25. The normalized spacial score (nSPS) is 11.4. The highest BCUT2D eigenvalue weighted by Gasteiger charge is 2.30. The topological polar surface area (TPSA) is 85.8 Å². The Labute approximate surface area is 152 Å².